The first-order chi connectivity index (χ1) is 8.70. The molecule has 2 N–H and O–H groups in total. The highest BCUT2D eigenvalue weighted by Gasteiger charge is 2.32. The largest absolute Gasteiger partial charge is 0.479 e. The number of amides is 1. The van der Waals surface area contributed by atoms with E-state index >= 15 is 0 Å². The Labute approximate surface area is 113 Å². The van der Waals surface area contributed by atoms with Crippen molar-refractivity contribution in [3.05, 3.63) is 0 Å². The molecule has 0 aliphatic carbocycles. The fraction of sp³-hybridized carbons (Fsp3) is 0.846. The number of carbonyl (C=O) groups excluding carboxylic acids is 1. The lowest BCUT2D eigenvalue weighted by molar-refractivity contribution is -0.150. The van der Waals surface area contributed by atoms with Gasteiger partial charge in [0.1, 0.15) is 5.60 Å². The van der Waals surface area contributed by atoms with Crippen LogP contribution in [-0.4, -0.2) is 52.0 Å². The molecular weight excluding hydrogens is 250 g/mol. The summed E-state index contributed by atoms with van der Waals surface area (Å²) in [7, 11) is 0. The fourth-order valence-electron chi connectivity index (χ4n) is 2.13. The minimum Gasteiger partial charge on any atom is -0.479 e. The van der Waals surface area contributed by atoms with Crippen molar-refractivity contribution in [1.29, 1.82) is 0 Å². The summed E-state index contributed by atoms with van der Waals surface area (Å²) in [5, 5.41) is 18.5. The molecule has 2 atom stereocenters. The molecule has 0 aromatic heterocycles. The Morgan fingerprint density at radius 2 is 1.95 bits per heavy atom. The molecule has 1 heterocycles. The number of rotatable bonds is 2. The zero-order valence-corrected chi connectivity index (χ0v) is 11.8. The van der Waals surface area contributed by atoms with E-state index in [4.69, 9.17) is 9.84 Å². The Kier molecular flexibility index (Phi) is 5.17. The van der Waals surface area contributed by atoms with Gasteiger partial charge in [-0.05, 0) is 33.6 Å². The van der Waals surface area contributed by atoms with Gasteiger partial charge in [0, 0.05) is 19.0 Å². The maximum Gasteiger partial charge on any atom is 0.410 e. The third-order valence-electron chi connectivity index (χ3n) is 3.06. The topological polar surface area (TPSA) is 87.1 Å². The minimum atomic E-state index is -1.43. The Morgan fingerprint density at radius 1 is 1.32 bits per heavy atom. The molecule has 1 fully saturated rings. The van der Waals surface area contributed by atoms with Crippen LogP contribution < -0.4 is 0 Å². The molecule has 6 nitrogen and oxygen atoms in total. The Bertz CT molecular complexity index is 336. The van der Waals surface area contributed by atoms with Crippen LogP contribution in [0.2, 0.25) is 0 Å². The van der Waals surface area contributed by atoms with E-state index in [9.17, 15) is 14.7 Å². The number of aliphatic hydroxyl groups is 1. The SMILES string of the molecule is CC(C)(C)OC(=O)N1CCCCC(C(O)C(=O)O)C1. The molecule has 0 aromatic rings. The van der Waals surface area contributed by atoms with Crippen LogP contribution in [0.4, 0.5) is 4.79 Å². The lowest BCUT2D eigenvalue weighted by Crippen LogP contribution is -2.42. The lowest BCUT2D eigenvalue weighted by atomic mass is 9.97. The summed E-state index contributed by atoms with van der Waals surface area (Å²) < 4.78 is 5.28. The lowest BCUT2D eigenvalue weighted by Gasteiger charge is -2.29. The molecule has 19 heavy (non-hydrogen) atoms. The van der Waals surface area contributed by atoms with Crippen molar-refractivity contribution in [2.75, 3.05) is 13.1 Å². The molecule has 6 heteroatoms. The molecule has 110 valence electrons. The summed E-state index contributed by atoms with van der Waals surface area (Å²) in [6.45, 7) is 6.12. The number of carboxylic acids is 1. The normalized spacial score (nSPS) is 22.5. The molecule has 0 saturated carbocycles. The zero-order valence-electron chi connectivity index (χ0n) is 11.8. The second-order valence-electron chi connectivity index (χ2n) is 5.97. The highest BCUT2D eigenvalue weighted by atomic mass is 16.6. The van der Waals surface area contributed by atoms with Crippen LogP contribution in [-0.2, 0) is 9.53 Å². The molecule has 1 amide bonds. The average Bonchev–Trinajstić information content (AvgIpc) is 2.50. The van der Waals surface area contributed by atoms with E-state index in [1.807, 2.05) is 0 Å². The number of aliphatic hydroxyl groups excluding tert-OH is 1. The predicted molar refractivity (Wildman–Crippen MR) is 68.8 cm³/mol. The van der Waals surface area contributed by atoms with Gasteiger partial charge in [-0.2, -0.15) is 0 Å². The quantitative estimate of drug-likeness (QED) is 0.795. The van der Waals surface area contributed by atoms with Crippen LogP contribution in [0.5, 0.6) is 0 Å². The Morgan fingerprint density at radius 3 is 2.47 bits per heavy atom. The third-order valence-corrected chi connectivity index (χ3v) is 3.06. The number of ether oxygens (including phenoxy) is 1. The van der Waals surface area contributed by atoms with Crippen LogP contribution in [0.1, 0.15) is 40.0 Å². The molecule has 1 saturated heterocycles. The molecule has 2 unspecified atom stereocenters. The highest BCUT2D eigenvalue weighted by Crippen LogP contribution is 2.21. The second-order valence-corrected chi connectivity index (χ2v) is 5.97. The van der Waals surface area contributed by atoms with E-state index in [2.05, 4.69) is 0 Å². The van der Waals surface area contributed by atoms with E-state index < -0.39 is 29.7 Å². The van der Waals surface area contributed by atoms with Gasteiger partial charge in [0.2, 0.25) is 0 Å². The maximum absolute atomic E-state index is 12.0. The minimum absolute atomic E-state index is 0.225. The van der Waals surface area contributed by atoms with Gasteiger partial charge in [0.05, 0.1) is 0 Å². The number of carbonyl (C=O) groups is 2. The van der Waals surface area contributed by atoms with Crippen molar-refractivity contribution in [2.45, 2.75) is 51.7 Å². The van der Waals surface area contributed by atoms with E-state index in [1.54, 1.807) is 20.8 Å². The summed E-state index contributed by atoms with van der Waals surface area (Å²) >= 11 is 0. The fourth-order valence-corrected chi connectivity index (χ4v) is 2.13. The zero-order chi connectivity index (χ0) is 14.6. The van der Waals surface area contributed by atoms with Crippen LogP contribution in [0, 0.1) is 5.92 Å². The van der Waals surface area contributed by atoms with E-state index in [1.165, 1.54) is 4.90 Å². The van der Waals surface area contributed by atoms with E-state index in [-0.39, 0.29) is 6.54 Å². The van der Waals surface area contributed by atoms with E-state index in [0.717, 1.165) is 12.8 Å². The second kappa shape index (κ2) is 6.23. The van der Waals surface area contributed by atoms with Gasteiger partial charge in [-0.3, -0.25) is 0 Å². The molecule has 0 spiro atoms. The number of nitrogens with zero attached hydrogens (tertiary/aromatic N) is 1. The van der Waals surface area contributed by atoms with Gasteiger partial charge in [0.25, 0.3) is 0 Å². The van der Waals surface area contributed by atoms with Crippen molar-refractivity contribution in [3.8, 4) is 0 Å². The molecular formula is C13H23NO5. The summed E-state index contributed by atoms with van der Waals surface area (Å²) in [4.78, 5) is 24.3. The first-order valence-electron chi connectivity index (χ1n) is 6.59. The standard InChI is InChI=1S/C13H23NO5/c1-13(2,3)19-12(18)14-7-5-4-6-9(8-14)10(15)11(16)17/h9-10,15H,4-8H2,1-3H3,(H,16,17). The van der Waals surface area contributed by atoms with Crippen LogP contribution in [0.3, 0.4) is 0 Å². The average molecular weight is 273 g/mol. The molecule has 0 aromatic carbocycles. The summed E-state index contributed by atoms with van der Waals surface area (Å²) in [6.07, 6.45) is 0.323. The summed E-state index contributed by atoms with van der Waals surface area (Å²) in [5.41, 5.74) is -0.579. The van der Waals surface area contributed by atoms with Gasteiger partial charge >= 0.3 is 12.1 Å². The van der Waals surface area contributed by atoms with Crippen LogP contribution >= 0.6 is 0 Å². The van der Waals surface area contributed by atoms with Crippen molar-refractivity contribution in [2.24, 2.45) is 5.92 Å². The number of hydrogen-bond acceptors (Lipinski definition) is 4. The molecule has 1 aliphatic heterocycles. The predicted octanol–water partition coefficient (Wildman–Crippen LogP) is 1.47. The molecule has 1 aliphatic rings. The van der Waals surface area contributed by atoms with Gasteiger partial charge in [-0.15, -0.1) is 0 Å². The van der Waals surface area contributed by atoms with Gasteiger partial charge in [-0.1, -0.05) is 6.42 Å². The summed E-state index contributed by atoms with van der Waals surface area (Å²) in [6, 6.07) is 0. The smallest absolute Gasteiger partial charge is 0.410 e. The van der Waals surface area contributed by atoms with E-state index in [0.29, 0.717) is 13.0 Å². The van der Waals surface area contributed by atoms with Crippen molar-refractivity contribution in [1.82, 2.24) is 4.90 Å². The molecule has 1 rings (SSSR count). The number of likely N-dealkylation sites (tertiary alicyclic amines) is 1. The van der Waals surface area contributed by atoms with Gasteiger partial charge < -0.3 is 19.8 Å². The monoisotopic (exact) mass is 273 g/mol. The van der Waals surface area contributed by atoms with Crippen LogP contribution in [0.25, 0.3) is 0 Å². The number of aliphatic carboxylic acids is 1. The first kappa shape index (κ1) is 15.8. The first-order valence-corrected chi connectivity index (χ1v) is 6.59. The number of hydrogen-bond donors (Lipinski definition) is 2. The Balaban J connectivity index is 2.68. The molecule has 0 radical (unpaired) electrons. The van der Waals surface area contributed by atoms with Gasteiger partial charge in [0.15, 0.2) is 6.10 Å². The van der Waals surface area contributed by atoms with Crippen molar-refractivity contribution in [3.63, 3.8) is 0 Å². The highest BCUT2D eigenvalue weighted by molar-refractivity contribution is 5.73. The third kappa shape index (κ3) is 5.06. The van der Waals surface area contributed by atoms with Crippen LogP contribution in [0.15, 0.2) is 0 Å². The summed E-state index contributed by atoms with van der Waals surface area (Å²) in [5.74, 6) is -1.68. The van der Waals surface area contributed by atoms with Crippen molar-refractivity contribution < 1.29 is 24.5 Å². The van der Waals surface area contributed by atoms with Crippen molar-refractivity contribution >= 4 is 12.1 Å². The van der Waals surface area contributed by atoms with Gasteiger partial charge in [-0.25, -0.2) is 9.59 Å². The maximum atomic E-state index is 12.0. The Hall–Kier alpha value is -1.30. The molecule has 0 bridgehead atoms. The number of carboxylic acid groups (broad SMARTS) is 1.